The van der Waals surface area contributed by atoms with Gasteiger partial charge in [0.1, 0.15) is 5.75 Å². The first-order valence-electron chi connectivity index (χ1n) is 9.56. The Balaban J connectivity index is 2.48. The van der Waals surface area contributed by atoms with Gasteiger partial charge in [0.15, 0.2) is 11.5 Å². The average molecular weight is 453 g/mol. The largest absolute Gasteiger partial charge is 0.496 e. The van der Waals surface area contributed by atoms with Gasteiger partial charge in [-0.2, -0.15) is 4.31 Å². The lowest BCUT2D eigenvalue weighted by atomic mass is 10.1. The van der Waals surface area contributed by atoms with Crippen LogP contribution in [0.3, 0.4) is 0 Å². The second-order valence-corrected chi connectivity index (χ2v) is 8.26. The van der Waals surface area contributed by atoms with Gasteiger partial charge in [0.2, 0.25) is 15.8 Å². The number of sulfonamides is 1. The third-order valence-electron chi connectivity index (χ3n) is 4.68. The molecule has 2 aromatic rings. The Morgan fingerprint density at radius 1 is 0.871 bits per heavy atom. The highest BCUT2D eigenvalue weighted by Crippen LogP contribution is 2.40. The summed E-state index contributed by atoms with van der Waals surface area (Å²) in [5, 5.41) is 2.73. The Hall–Kier alpha value is -2.98. The molecule has 0 aliphatic heterocycles. The monoisotopic (exact) mass is 452 g/mol. The highest BCUT2D eigenvalue weighted by atomic mass is 32.2. The van der Waals surface area contributed by atoms with Crippen molar-refractivity contribution in [2.45, 2.75) is 18.7 Å². The number of methoxy groups -OCH3 is 4. The first-order valence-corrected chi connectivity index (χ1v) is 11.0. The summed E-state index contributed by atoms with van der Waals surface area (Å²) >= 11 is 0. The second kappa shape index (κ2) is 10.4. The van der Waals surface area contributed by atoms with Gasteiger partial charge in [-0.1, -0.05) is 13.8 Å². The summed E-state index contributed by atoms with van der Waals surface area (Å²) in [5.74, 6) is 0.794. The van der Waals surface area contributed by atoms with Crippen LogP contribution in [0.4, 0.5) is 5.69 Å². The SMILES string of the molecule is CCN(CC)S(=O)(=O)c1ccc(OC)c(C(=O)Nc2cc(OC)c(OC)c(OC)c2)c1. The minimum absolute atomic E-state index is 0.00652. The summed E-state index contributed by atoms with van der Waals surface area (Å²) in [5.41, 5.74) is 0.447. The standard InChI is InChI=1S/C21H28N2O7S/c1-7-23(8-2)31(25,26)15-9-10-17(27-3)16(13-15)21(24)22-14-11-18(28-4)20(30-6)19(12-14)29-5/h9-13H,7-8H2,1-6H3,(H,22,24). The molecule has 0 fully saturated rings. The van der Waals surface area contributed by atoms with Crippen LogP contribution in [0.1, 0.15) is 24.2 Å². The molecular formula is C21H28N2O7S. The maximum Gasteiger partial charge on any atom is 0.259 e. The van der Waals surface area contributed by atoms with Crippen LogP contribution >= 0.6 is 0 Å². The Kier molecular flexibility index (Phi) is 8.12. The summed E-state index contributed by atoms with van der Waals surface area (Å²) in [4.78, 5) is 13.0. The third-order valence-corrected chi connectivity index (χ3v) is 6.73. The Morgan fingerprint density at radius 2 is 1.42 bits per heavy atom. The number of ether oxygens (including phenoxy) is 4. The zero-order valence-corrected chi connectivity index (χ0v) is 19.3. The number of carbonyl (C=O) groups excluding carboxylic acids is 1. The molecule has 31 heavy (non-hydrogen) atoms. The van der Waals surface area contributed by atoms with E-state index < -0.39 is 15.9 Å². The van der Waals surface area contributed by atoms with Gasteiger partial charge in [-0.05, 0) is 18.2 Å². The quantitative estimate of drug-likeness (QED) is 0.591. The molecule has 1 amide bonds. The summed E-state index contributed by atoms with van der Waals surface area (Å²) < 4.78 is 48.2. The van der Waals surface area contributed by atoms with Gasteiger partial charge >= 0.3 is 0 Å². The number of amides is 1. The lowest BCUT2D eigenvalue weighted by Crippen LogP contribution is -2.30. The van der Waals surface area contributed by atoms with E-state index in [1.165, 1.54) is 50.9 Å². The van der Waals surface area contributed by atoms with Gasteiger partial charge in [-0.25, -0.2) is 8.42 Å². The molecule has 10 heteroatoms. The third kappa shape index (κ3) is 5.02. The molecule has 9 nitrogen and oxygen atoms in total. The summed E-state index contributed by atoms with van der Waals surface area (Å²) in [6.45, 7) is 4.14. The van der Waals surface area contributed by atoms with Crippen molar-refractivity contribution < 1.29 is 32.2 Å². The van der Waals surface area contributed by atoms with E-state index in [1.54, 1.807) is 26.0 Å². The number of carbonyl (C=O) groups is 1. The molecule has 0 atom stereocenters. The van der Waals surface area contributed by atoms with Gasteiger partial charge in [0, 0.05) is 30.9 Å². The topological polar surface area (TPSA) is 103 Å². The molecule has 0 radical (unpaired) electrons. The number of rotatable bonds is 10. The van der Waals surface area contributed by atoms with E-state index >= 15 is 0 Å². The maximum absolute atomic E-state index is 13.0. The normalized spacial score (nSPS) is 11.2. The molecule has 0 aromatic heterocycles. The molecule has 0 aliphatic rings. The molecule has 0 saturated heterocycles. The van der Waals surface area contributed by atoms with E-state index in [9.17, 15) is 13.2 Å². The van der Waals surface area contributed by atoms with Crippen molar-refractivity contribution in [3.8, 4) is 23.0 Å². The molecular weight excluding hydrogens is 424 g/mol. The van der Waals surface area contributed by atoms with E-state index in [2.05, 4.69) is 5.32 Å². The lowest BCUT2D eigenvalue weighted by Gasteiger charge is -2.19. The first kappa shape index (κ1) is 24.3. The van der Waals surface area contributed by atoms with Crippen LogP contribution in [0.15, 0.2) is 35.2 Å². The molecule has 0 spiro atoms. The minimum atomic E-state index is -3.74. The fourth-order valence-electron chi connectivity index (χ4n) is 3.09. The number of benzene rings is 2. The van der Waals surface area contributed by atoms with Crippen molar-refractivity contribution in [1.82, 2.24) is 4.31 Å². The predicted octanol–water partition coefficient (Wildman–Crippen LogP) is 3.00. The van der Waals surface area contributed by atoms with E-state index in [1.807, 2.05) is 0 Å². The summed E-state index contributed by atoms with van der Waals surface area (Å²) in [7, 11) is 2.07. The van der Waals surface area contributed by atoms with Crippen molar-refractivity contribution in [3.05, 3.63) is 35.9 Å². The van der Waals surface area contributed by atoms with E-state index in [-0.39, 0.29) is 16.2 Å². The molecule has 2 aromatic carbocycles. The van der Waals surface area contributed by atoms with Crippen molar-refractivity contribution in [2.75, 3.05) is 46.8 Å². The highest BCUT2D eigenvalue weighted by Gasteiger charge is 2.25. The molecule has 0 aliphatic carbocycles. The number of nitrogens with zero attached hydrogens (tertiary/aromatic N) is 1. The van der Waals surface area contributed by atoms with Gasteiger partial charge < -0.3 is 24.3 Å². The lowest BCUT2D eigenvalue weighted by molar-refractivity contribution is 0.102. The molecule has 1 N–H and O–H groups in total. The van der Waals surface area contributed by atoms with Crippen LogP contribution in [0.2, 0.25) is 0 Å². The van der Waals surface area contributed by atoms with Gasteiger partial charge in [0.05, 0.1) is 38.9 Å². The first-order chi connectivity index (χ1) is 14.8. The van der Waals surface area contributed by atoms with Crippen LogP contribution in [0.25, 0.3) is 0 Å². The maximum atomic E-state index is 13.0. The predicted molar refractivity (Wildman–Crippen MR) is 117 cm³/mol. The molecule has 170 valence electrons. The van der Waals surface area contributed by atoms with Crippen LogP contribution in [-0.4, -0.2) is 60.2 Å². The Labute approximate surface area is 182 Å². The number of nitrogens with one attached hydrogen (secondary N) is 1. The van der Waals surface area contributed by atoms with Crippen LogP contribution in [0.5, 0.6) is 23.0 Å². The van der Waals surface area contributed by atoms with Crippen molar-refractivity contribution in [2.24, 2.45) is 0 Å². The van der Waals surface area contributed by atoms with E-state index in [4.69, 9.17) is 18.9 Å². The number of hydrogen-bond acceptors (Lipinski definition) is 7. The fraction of sp³-hybridized carbons (Fsp3) is 0.381. The van der Waals surface area contributed by atoms with Gasteiger partial charge in [-0.15, -0.1) is 0 Å². The molecule has 0 saturated carbocycles. The molecule has 0 unspecified atom stereocenters. The summed E-state index contributed by atoms with van der Waals surface area (Å²) in [6.07, 6.45) is 0. The van der Waals surface area contributed by atoms with Crippen molar-refractivity contribution in [3.63, 3.8) is 0 Å². The second-order valence-electron chi connectivity index (χ2n) is 6.32. The van der Waals surface area contributed by atoms with Gasteiger partial charge in [-0.3, -0.25) is 4.79 Å². The Bertz CT molecular complexity index is 1010. The fourth-order valence-corrected chi connectivity index (χ4v) is 4.57. The van der Waals surface area contributed by atoms with Crippen LogP contribution in [-0.2, 0) is 10.0 Å². The number of anilines is 1. The highest BCUT2D eigenvalue weighted by molar-refractivity contribution is 7.89. The molecule has 0 heterocycles. The van der Waals surface area contributed by atoms with E-state index in [0.29, 0.717) is 36.0 Å². The van der Waals surface area contributed by atoms with Crippen LogP contribution in [0, 0.1) is 0 Å². The Morgan fingerprint density at radius 3 is 1.87 bits per heavy atom. The number of hydrogen-bond donors (Lipinski definition) is 1. The zero-order valence-electron chi connectivity index (χ0n) is 18.5. The molecule has 2 rings (SSSR count). The average Bonchev–Trinajstić information content (AvgIpc) is 2.78. The zero-order chi connectivity index (χ0) is 23.2. The van der Waals surface area contributed by atoms with Crippen molar-refractivity contribution in [1.29, 1.82) is 0 Å². The van der Waals surface area contributed by atoms with E-state index in [0.717, 1.165) is 0 Å². The summed E-state index contributed by atoms with van der Waals surface area (Å²) in [6, 6.07) is 7.33. The van der Waals surface area contributed by atoms with Crippen LogP contribution < -0.4 is 24.3 Å². The van der Waals surface area contributed by atoms with Crippen molar-refractivity contribution >= 4 is 21.6 Å². The smallest absolute Gasteiger partial charge is 0.259 e. The molecule has 0 bridgehead atoms. The minimum Gasteiger partial charge on any atom is -0.496 e. The van der Waals surface area contributed by atoms with Gasteiger partial charge in [0.25, 0.3) is 5.91 Å².